The summed E-state index contributed by atoms with van der Waals surface area (Å²) >= 11 is 0. The molecule has 2 fully saturated rings. The Bertz CT molecular complexity index is 1670. The quantitative estimate of drug-likeness (QED) is 0.174. The van der Waals surface area contributed by atoms with Gasteiger partial charge in [-0.2, -0.15) is 0 Å². The largest absolute Gasteiger partial charge is 0.481 e. The molecule has 0 radical (unpaired) electrons. The van der Waals surface area contributed by atoms with Gasteiger partial charge in [0.25, 0.3) is 0 Å². The van der Waals surface area contributed by atoms with Gasteiger partial charge in [-0.15, -0.1) is 0 Å². The van der Waals surface area contributed by atoms with Crippen LogP contribution in [0.25, 0.3) is 0 Å². The van der Waals surface area contributed by atoms with Gasteiger partial charge in [-0.25, -0.2) is 0 Å². The molecule has 19 atom stereocenters. The summed E-state index contributed by atoms with van der Waals surface area (Å²) in [6.45, 7) is 6.74. The molecule has 0 aromatic rings. The van der Waals surface area contributed by atoms with E-state index < -0.39 is 147 Å². The van der Waals surface area contributed by atoms with E-state index in [2.05, 4.69) is 0 Å². The van der Waals surface area contributed by atoms with Gasteiger partial charge in [0.1, 0.15) is 18.1 Å². The van der Waals surface area contributed by atoms with Gasteiger partial charge < -0.3 is 80.9 Å². The Morgan fingerprint density at radius 1 is 0.662 bits per heavy atom. The first kappa shape index (κ1) is 55.9. The Kier molecular flexibility index (Phi) is 23.6. The van der Waals surface area contributed by atoms with E-state index in [1.807, 2.05) is 19.1 Å². The van der Waals surface area contributed by atoms with Crippen molar-refractivity contribution in [3.63, 3.8) is 0 Å². The Hall–Kier alpha value is -3.44. The standard InChI is InChI=1S/C47H73NO17/c1-27-17-15-13-11-9-7-5-6-8-10-12-14-16-18-34(64-46-44(58)41(48)43(57)30(4)63-46)24-38-40(45(59)60)37(54)26-47(61,65-38)25-33(51)22-36(53)35(52)20-19-31(49)21-32(50)23-39(55)62-29(3)28(2)42(27)56/h5-18,27-38,40-44,46,49-54,56-58,61H,19-26,48H2,1-4H3,(H,59,60)/b6-5+,9-7+,10-8+,13-11+,14-12+,17-15+,18-16+/t27-,28-,29-,30-,31+,32+,33-,34-,35+,36+,37-,38-,40?,41-,42+,43+,44-,46-,47+/m0/s1. The molecular formula is C47H73NO17. The number of nitrogens with two attached hydrogens (primary N) is 1. The number of carbonyl (C=O) groups excluding carboxylic acids is 1. The maximum atomic E-state index is 12.6. The minimum atomic E-state index is -2.33. The predicted molar refractivity (Wildman–Crippen MR) is 237 cm³/mol. The van der Waals surface area contributed by atoms with E-state index in [4.69, 9.17) is 24.7 Å². The summed E-state index contributed by atoms with van der Waals surface area (Å²) in [6, 6.07) is -1.15. The molecule has 13 N–H and O–H groups in total. The molecule has 0 saturated carbocycles. The van der Waals surface area contributed by atoms with E-state index in [9.17, 15) is 65.8 Å². The zero-order valence-corrected chi connectivity index (χ0v) is 37.6. The number of rotatable bonds is 3. The Morgan fingerprint density at radius 3 is 1.82 bits per heavy atom. The number of carboxylic acid groups (broad SMARTS) is 1. The normalized spacial score (nSPS) is 45.5. The number of aliphatic hydroxyl groups excluding tert-OH is 9. The van der Waals surface area contributed by atoms with Crippen LogP contribution < -0.4 is 5.73 Å². The minimum Gasteiger partial charge on any atom is -0.481 e. The summed E-state index contributed by atoms with van der Waals surface area (Å²) in [7, 11) is 0. The van der Waals surface area contributed by atoms with Gasteiger partial charge in [-0.05, 0) is 33.1 Å². The fourth-order valence-electron chi connectivity index (χ4n) is 7.97. The van der Waals surface area contributed by atoms with E-state index in [0.29, 0.717) is 0 Å². The summed E-state index contributed by atoms with van der Waals surface area (Å²) in [4.78, 5) is 25.1. The van der Waals surface area contributed by atoms with Crippen molar-refractivity contribution >= 4 is 11.9 Å². The number of ether oxygens (including phenoxy) is 4. The molecule has 3 aliphatic rings. The molecule has 3 aliphatic heterocycles. The number of cyclic esters (lactones) is 1. The number of aliphatic hydroxyl groups is 10. The number of carboxylic acids is 1. The molecule has 2 bridgehead atoms. The predicted octanol–water partition coefficient (Wildman–Crippen LogP) is 0.712. The lowest BCUT2D eigenvalue weighted by atomic mass is 9.82. The Labute approximate surface area is 381 Å². The molecule has 3 heterocycles. The van der Waals surface area contributed by atoms with Crippen molar-refractivity contribution < 1.29 is 84.7 Å². The summed E-state index contributed by atoms with van der Waals surface area (Å²) in [5, 5.41) is 118. The molecule has 3 rings (SSSR count). The van der Waals surface area contributed by atoms with Gasteiger partial charge >= 0.3 is 11.9 Å². The van der Waals surface area contributed by atoms with Crippen molar-refractivity contribution in [2.24, 2.45) is 23.5 Å². The highest BCUT2D eigenvalue weighted by molar-refractivity contribution is 5.71. The molecule has 0 aromatic carbocycles. The first-order valence-corrected chi connectivity index (χ1v) is 22.3. The average Bonchev–Trinajstić information content (AvgIpc) is 3.21. The number of allylic oxidation sites excluding steroid dienone is 12. The third-order valence-electron chi connectivity index (χ3n) is 12.0. The van der Waals surface area contributed by atoms with Crippen LogP contribution in [0.1, 0.15) is 79.1 Å². The topological polar surface area (TPSA) is 320 Å². The highest BCUT2D eigenvalue weighted by atomic mass is 16.7. The van der Waals surface area contributed by atoms with E-state index in [-0.39, 0.29) is 31.6 Å². The van der Waals surface area contributed by atoms with Crippen LogP contribution in [0.15, 0.2) is 85.1 Å². The second kappa shape index (κ2) is 27.4. The van der Waals surface area contributed by atoms with Crippen molar-refractivity contribution in [3.8, 4) is 0 Å². The van der Waals surface area contributed by atoms with Gasteiger partial charge in [0.05, 0.1) is 79.6 Å². The molecule has 0 aromatic heterocycles. The first-order chi connectivity index (χ1) is 30.6. The van der Waals surface area contributed by atoms with Crippen molar-refractivity contribution in [1.82, 2.24) is 0 Å². The van der Waals surface area contributed by atoms with Gasteiger partial charge in [0.15, 0.2) is 12.1 Å². The highest BCUT2D eigenvalue weighted by Crippen LogP contribution is 2.38. The number of carbonyl (C=O) groups is 2. The fourth-order valence-corrected chi connectivity index (χ4v) is 7.97. The second-order valence-corrected chi connectivity index (χ2v) is 17.6. The summed E-state index contributed by atoms with van der Waals surface area (Å²) in [6.07, 6.45) is 3.46. The monoisotopic (exact) mass is 923 g/mol. The average molecular weight is 924 g/mol. The number of hydrogen-bond donors (Lipinski definition) is 12. The molecule has 368 valence electrons. The van der Waals surface area contributed by atoms with Crippen LogP contribution in [-0.4, -0.2) is 166 Å². The van der Waals surface area contributed by atoms with E-state index >= 15 is 0 Å². The van der Waals surface area contributed by atoms with Crippen LogP contribution in [0, 0.1) is 17.8 Å². The summed E-state index contributed by atoms with van der Waals surface area (Å²) in [5.41, 5.74) is 6.02. The third kappa shape index (κ3) is 18.6. The maximum Gasteiger partial charge on any atom is 0.311 e. The molecule has 0 aliphatic carbocycles. The minimum absolute atomic E-state index is 0.107. The zero-order valence-electron chi connectivity index (χ0n) is 37.6. The van der Waals surface area contributed by atoms with Crippen LogP contribution >= 0.6 is 0 Å². The smallest absolute Gasteiger partial charge is 0.311 e. The van der Waals surface area contributed by atoms with Crippen molar-refractivity contribution in [1.29, 1.82) is 0 Å². The van der Waals surface area contributed by atoms with Crippen molar-refractivity contribution in [3.05, 3.63) is 85.1 Å². The molecule has 65 heavy (non-hydrogen) atoms. The van der Waals surface area contributed by atoms with Gasteiger partial charge in [0, 0.05) is 37.5 Å². The molecule has 18 heteroatoms. The summed E-state index contributed by atoms with van der Waals surface area (Å²) in [5.74, 6) is -6.83. The molecule has 1 unspecified atom stereocenters. The molecule has 0 amide bonds. The van der Waals surface area contributed by atoms with Crippen molar-refractivity contribution in [2.75, 3.05) is 0 Å². The van der Waals surface area contributed by atoms with Gasteiger partial charge in [-0.3, -0.25) is 9.59 Å². The SMILES string of the molecule is C[C@@H]1[C@H](O)[C@@H](C)/C=C/C=C/C=C/C=C/C=C/C=C/C=C/[C@H](O[C@@H]2O[C@@H](C)[C@@H](O)[C@H](N)[C@@H]2O)C[C@@H]2O[C@](O)(C[C@@H](O)C[C@@H](O)[C@H](O)CC[C@@H](O)C[C@@H](O)CC(=O)O[C@H]1C)C[C@H](O)C2C(=O)O. The molecule has 18 nitrogen and oxygen atoms in total. The summed E-state index contributed by atoms with van der Waals surface area (Å²) < 4.78 is 23.1. The van der Waals surface area contributed by atoms with Crippen LogP contribution in [0.4, 0.5) is 0 Å². The Balaban J connectivity index is 1.86. The Morgan fingerprint density at radius 2 is 1.23 bits per heavy atom. The van der Waals surface area contributed by atoms with Gasteiger partial charge in [0.2, 0.25) is 0 Å². The molecular weight excluding hydrogens is 851 g/mol. The first-order valence-electron chi connectivity index (χ1n) is 22.3. The number of esters is 1. The van der Waals surface area contributed by atoms with Crippen LogP contribution in [0.3, 0.4) is 0 Å². The lowest BCUT2D eigenvalue weighted by Gasteiger charge is -2.45. The molecule has 2 saturated heterocycles. The number of fused-ring (bicyclic) bond motifs is 2. The maximum absolute atomic E-state index is 12.6. The van der Waals surface area contributed by atoms with Gasteiger partial charge in [-0.1, -0.05) is 98.9 Å². The number of hydrogen-bond acceptors (Lipinski definition) is 17. The lowest BCUT2D eigenvalue weighted by Crippen LogP contribution is -2.61. The lowest BCUT2D eigenvalue weighted by molar-refractivity contribution is -0.308. The molecule has 0 spiro atoms. The highest BCUT2D eigenvalue weighted by Gasteiger charge is 2.51. The third-order valence-corrected chi connectivity index (χ3v) is 12.0. The zero-order chi connectivity index (χ0) is 48.4. The second-order valence-electron chi connectivity index (χ2n) is 17.6. The van der Waals surface area contributed by atoms with Crippen LogP contribution in [-0.2, 0) is 28.5 Å². The van der Waals surface area contributed by atoms with E-state index in [1.165, 1.54) is 13.0 Å². The van der Waals surface area contributed by atoms with E-state index in [1.54, 1.807) is 80.7 Å². The van der Waals surface area contributed by atoms with Crippen molar-refractivity contribution in [2.45, 2.75) is 177 Å². The van der Waals surface area contributed by atoms with Crippen LogP contribution in [0.2, 0.25) is 0 Å². The van der Waals surface area contributed by atoms with E-state index in [0.717, 1.165) is 0 Å². The fraction of sp³-hybridized carbons (Fsp3) is 0.660. The number of aliphatic carboxylic acids is 1. The van der Waals surface area contributed by atoms with Crippen LogP contribution in [0.5, 0.6) is 0 Å².